The van der Waals surface area contributed by atoms with Crippen molar-refractivity contribution in [2.24, 2.45) is 0 Å². The second kappa shape index (κ2) is 6.98. The van der Waals surface area contributed by atoms with Gasteiger partial charge in [0.05, 0.1) is 18.4 Å². The van der Waals surface area contributed by atoms with Crippen LogP contribution in [0.2, 0.25) is 0 Å². The van der Waals surface area contributed by atoms with Gasteiger partial charge in [0, 0.05) is 17.0 Å². The van der Waals surface area contributed by atoms with Gasteiger partial charge in [-0.2, -0.15) is 0 Å². The molecule has 0 aromatic heterocycles. The van der Waals surface area contributed by atoms with E-state index < -0.39 is 5.60 Å². The molecule has 5 heteroatoms. The Labute approximate surface area is 181 Å². The number of ether oxygens (including phenoxy) is 3. The number of carbonyl (C=O) groups is 2. The van der Waals surface area contributed by atoms with Gasteiger partial charge in [-0.1, -0.05) is 24.6 Å². The van der Waals surface area contributed by atoms with Crippen LogP contribution in [0.25, 0.3) is 6.08 Å². The third-order valence-electron chi connectivity index (χ3n) is 7.07. The Kier molecular flexibility index (Phi) is 4.20. The highest BCUT2D eigenvalue weighted by Crippen LogP contribution is 2.51. The predicted octanol–water partition coefficient (Wildman–Crippen LogP) is 5.22. The standard InChI is InChI=1S/C26H24O5/c27-20-14-26(10-4-1-5-11-26)31-25-18(20)8-9-22-24(25)19(13-23(28)30-22)17-12-16-6-2-3-7-21(16)29-15-17/h2-3,6-9,12,19H,1,4-5,10-11,13-15H2/t19-/m0/s1. The molecule has 3 heterocycles. The highest BCUT2D eigenvalue weighted by molar-refractivity contribution is 6.01. The molecular weight excluding hydrogens is 392 g/mol. The molecule has 1 aliphatic carbocycles. The first-order valence-electron chi connectivity index (χ1n) is 11.1. The number of rotatable bonds is 1. The lowest BCUT2D eigenvalue weighted by Gasteiger charge is -2.42. The van der Waals surface area contributed by atoms with E-state index in [4.69, 9.17) is 14.2 Å². The third-order valence-corrected chi connectivity index (χ3v) is 7.07. The molecule has 0 radical (unpaired) electrons. The smallest absolute Gasteiger partial charge is 0.312 e. The molecular formula is C26H24O5. The second-order valence-electron chi connectivity index (χ2n) is 9.08. The minimum atomic E-state index is -0.423. The molecule has 0 amide bonds. The van der Waals surface area contributed by atoms with Gasteiger partial charge in [-0.05, 0) is 55.5 Å². The van der Waals surface area contributed by atoms with Crippen molar-refractivity contribution in [1.29, 1.82) is 0 Å². The number of benzene rings is 2. The number of carbonyl (C=O) groups excluding carboxylic acids is 2. The Morgan fingerprint density at radius 1 is 0.935 bits per heavy atom. The fourth-order valence-electron chi connectivity index (χ4n) is 5.53. The zero-order valence-corrected chi connectivity index (χ0v) is 17.3. The number of hydrogen-bond acceptors (Lipinski definition) is 5. The van der Waals surface area contributed by atoms with Crippen LogP contribution in [0.5, 0.6) is 17.2 Å². The van der Waals surface area contributed by atoms with Gasteiger partial charge in [0.1, 0.15) is 29.5 Å². The van der Waals surface area contributed by atoms with Gasteiger partial charge < -0.3 is 14.2 Å². The van der Waals surface area contributed by atoms with Gasteiger partial charge in [-0.25, -0.2) is 0 Å². The van der Waals surface area contributed by atoms with Crippen LogP contribution in [0, 0.1) is 0 Å². The van der Waals surface area contributed by atoms with E-state index in [1.807, 2.05) is 24.3 Å². The van der Waals surface area contributed by atoms with Crippen LogP contribution >= 0.6 is 0 Å². The van der Waals surface area contributed by atoms with Gasteiger partial charge in [-0.15, -0.1) is 0 Å². The number of hydrogen-bond donors (Lipinski definition) is 0. The van der Waals surface area contributed by atoms with Crippen molar-refractivity contribution in [2.75, 3.05) is 6.61 Å². The molecule has 0 saturated heterocycles. The van der Waals surface area contributed by atoms with Crippen LogP contribution < -0.4 is 14.2 Å². The van der Waals surface area contributed by atoms with Gasteiger partial charge in [0.2, 0.25) is 0 Å². The molecule has 4 aliphatic rings. The SMILES string of the molecule is O=C1C[C@@H](C2=Cc3ccccc3OC2)c2c(ccc3c2OC2(CCCCC2)CC3=O)O1. The van der Waals surface area contributed by atoms with Crippen molar-refractivity contribution in [3.05, 3.63) is 58.7 Å². The molecule has 2 aromatic rings. The van der Waals surface area contributed by atoms with Crippen molar-refractivity contribution in [3.63, 3.8) is 0 Å². The largest absolute Gasteiger partial charge is 0.489 e. The minimum absolute atomic E-state index is 0.126. The average Bonchev–Trinajstić information content (AvgIpc) is 2.78. The summed E-state index contributed by atoms with van der Waals surface area (Å²) in [6.45, 7) is 0.400. The van der Waals surface area contributed by atoms with Crippen LogP contribution in [0.15, 0.2) is 42.0 Å². The van der Waals surface area contributed by atoms with E-state index in [0.717, 1.165) is 48.1 Å². The predicted molar refractivity (Wildman–Crippen MR) is 115 cm³/mol. The first-order chi connectivity index (χ1) is 15.1. The summed E-state index contributed by atoms with van der Waals surface area (Å²) in [6, 6.07) is 11.4. The Morgan fingerprint density at radius 3 is 2.65 bits per heavy atom. The molecule has 1 atom stereocenters. The van der Waals surface area contributed by atoms with Crippen LogP contribution in [-0.4, -0.2) is 24.0 Å². The van der Waals surface area contributed by atoms with Gasteiger partial charge in [0.25, 0.3) is 0 Å². The maximum absolute atomic E-state index is 13.1. The minimum Gasteiger partial charge on any atom is -0.489 e. The number of Topliss-reactive ketones (excluding diaryl/α,β-unsaturated/α-hetero) is 1. The quantitative estimate of drug-likeness (QED) is 0.471. The van der Waals surface area contributed by atoms with Crippen LogP contribution in [0.3, 0.4) is 0 Å². The molecule has 6 rings (SSSR count). The van der Waals surface area contributed by atoms with Crippen molar-refractivity contribution in [1.82, 2.24) is 0 Å². The first kappa shape index (κ1) is 18.7. The number of esters is 1. The Morgan fingerprint density at radius 2 is 1.77 bits per heavy atom. The molecule has 2 aromatic carbocycles. The normalized spacial score (nSPS) is 23.5. The van der Waals surface area contributed by atoms with E-state index in [1.165, 1.54) is 6.42 Å². The van der Waals surface area contributed by atoms with Crippen LogP contribution in [0.4, 0.5) is 0 Å². The van der Waals surface area contributed by atoms with E-state index in [0.29, 0.717) is 30.1 Å². The van der Waals surface area contributed by atoms with Crippen molar-refractivity contribution >= 4 is 17.8 Å². The Balaban J connectivity index is 1.48. The zero-order valence-electron chi connectivity index (χ0n) is 17.3. The number of fused-ring (bicyclic) bond motifs is 4. The fourth-order valence-corrected chi connectivity index (χ4v) is 5.53. The lowest BCUT2D eigenvalue weighted by atomic mass is 9.76. The van der Waals surface area contributed by atoms with Crippen molar-refractivity contribution < 1.29 is 23.8 Å². The van der Waals surface area contributed by atoms with Crippen LogP contribution in [-0.2, 0) is 4.79 Å². The van der Waals surface area contributed by atoms with E-state index in [-0.39, 0.29) is 24.1 Å². The van der Waals surface area contributed by atoms with E-state index >= 15 is 0 Å². The monoisotopic (exact) mass is 416 g/mol. The molecule has 158 valence electrons. The van der Waals surface area contributed by atoms with Crippen molar-refractivity contribution in [2.45, 2.75) is 56.5 Å². The summed E-state index contributed by atoms with van der Waals surface area (Å²) in [6.07, 6.45) is 7.87. The summed E-state index contributed by atoms with van der Waals surface area (Å²) in [5, 5.41) is 0. The van der Waals surface area contributed by atoms with Crippen LogP contribution in [0.1, 0.15) is 72.3 Å². The van der Waals surface area contributed by atoms with E-state index in [9.17, 15) is 9.59 Å². The van der Waals surface area contributed by atoms with Crippen molar-refractivity contribution in [3.8, 4) is 17.2 Å². The van der Waals surface area contributed by atoms with Gasteiger partial charge in [-0.3, -0.25) is 9.59 Å². The Hall–Kier alpha value is -3.08. The molecule has 1 fully saturated rings. The summed E-state index contributed by atoms with van der Waals surface area (Å²) in [4.78, 5) is 25.6. The second-order valence-corrected chi connectivity index (χ2v) is 9.08. The number of para-hydroxylation sites is 1. The highest BCUT2D eigenvalue weighted by atomic mass is 16.5. The summed E-state index contributed by atoms with van der Waals surface area (Å²) in [5.74, 6) is 1.58. The van der Waals surface area contributed by atoms with Gasteiger partial charge >= 0.3 is 5.97 Å². The van der Waals surface area contributed by atoms with E-state index in [2.05, 4.69) is 6.08 Å². The maximum Gasteiger partial charge on any atom is 0.312 e. The topological polar surface area (TPSA) is 61.8 Å². The molecule has 3 aliphatic heterocycles. The zero-order chi connectivity index (χ0) is 21.0. The van der Waals surface area contributed by atoms with Gasteiger partial charge in [0.15, 0.2) is 5.78 Å². The summed E-state index contributed by atoms with van der Waals surface area (Å²) < 4.78 is 18.3. The fraction of sp³-hybridized carbons (Fsp3) is 0.385. The summed E-state index contributed by atoms with van der Waals surface area (Å²) >= 11 is 0. The molecule has 0 unspecified atom stereocenters. The maximum atomic E-state index is 13.1. The highest BCUT2D eigenvalue weighted by Gasteiger charge is 2.45. The molecule has 0 bridgehead atoms. The molecule has 5 nitrogen and oxygen atoms in total. The Bertz CT molecular complexity index is 1120. The summed E-state index contributed by atoms with van der Waals surface area (Å²) in [7, 11) is 0. The average molecular weight is 416 g/mol. The first-order valence-corrected chi connectivity index (χ1v) is 11.1. The molecule has 31 heavy (non-hydrogen) atoms. The molecule has 0 N–H and O–H groups in total. The number of ketones is 1. The lowest BCUT2D eigenvalue weighted by molar-refractivity contribution is -0.135. The molecule has 1 spiro atoms. The summed E-state index contributed by atoms with van der Waals surface area (Å²) in [5.41, 5.74) is 3.01. The molecule has 1 saturated carbocycles. The third kappa shape index (κ3) is 3.06. The van der Waals surface area contributed by atoms with E-state index in [1.54, 1.807) is 12.1 Å². The lowest BCUT2D eigenvalue weighted by Crippen LogP contribution is -2.44.